The zero-order chi connectivity index (χ0) is 20.4. The van der Waals surface area contributed by atoms with E-state index in [2.05, 4.69) is 37.2 Å². The van der Waals surface area contributed by atoms with Crippen LogP contribution in [0.2, 0.25) is 7.25 Å². The standard InChI is InChI=1S/2C6H10O3.2C3H7.Zr/c2*1-3-9-6(8)4-5(2)7;2*1-3-2;/h2*3-4H2,1-2H3;2*3H,1-2H3;. The molecule has 0 bridgehead atoms. The van der Waals surface area contributed by atoms with Gasteiger partial charge in [-0.25, -0.2) is 0 Å². The second kappa shape index (κ2) is 19.5. The number of ether oxygens (including phenoxy) is 2. The molecule has 0 N–H and O–H groups in total. The van der Waals surface area contributed by atoms with Crippen LogP contribution in [0.15, 0.2) is 0 Å². The summed E-state index contributed by atoms with van der Waals surface area (Å²) < 4.78 is 11.1. The molecule has 146 valence electrons. The fraction of sp³-hybridized carbons (Fsp3) is 0.778. The maximum absolute atomic E-state index is 10.4. The van der Waals surface area contributed by atoms with Crippen molar-refractivity contribution < 1.29 is 51.9 Å². The van der Waals surface area contributed by atoms with Crippen LogP contribution >= 0.6 is 0 Å². The molecule has 0 saturated heterocycles. The summed E-state index contributed by atoms with van der Waals surface area (Å²) in [6, 6.07) is 0. The number of ketones is 2. The summed E-state index contributed by atoms with van der Waals surface area (Å²) >= 11 is 0.0389. The molecule has 6 nitrogen and oxygen atoms in total. The summed E-state index contributed by atoms with van der Waals surface area (Å²) in [6.07, 6.45) is -0.207. The van der Waals surface area contributed by atoms with E-state index in [4.69, 9.17) is 0 Å². The Morgan fingerprint density at radius 1 is 0.720 bits per heavy atom. The molecule has 0 radical (unpaired) electrons. The minimum absolute atomic E-state index is 0.0389. The molecular weight excluding hydrogens is 403 g/mol. The number of hydrogen-bond donors (Lipinski definition) is 0. The predicted molar refractivity (Wildman–Crippen MR) is 94.1 cm³/mol. The number of Topliss-reactive ketones (excluding diaryl/α,β-unsaturated/α-hetero) is 2. The van der Waals surface area contributed by atoms with Crippen molar-refractivity contribution in [2.75, 3.05) is 13.2 Å². The molecular formula is C18H34O6Zr. The van der Waals surface area contributed by atoms with E-state index in [-0.39, 0.29) is 47.6 Å². The van der Waals surface area contributed by atoms with Crippen molar-refractivity contribution in [2.45, 2.75) is 75.5 Å². The molecule has 0 rings (SSSR count). The van der Waals surface area contributed by atoms with Gasteiger partial charge in [0.1, 0.15) is 24.4 Å². The third-order valence-electron chi connectivity index (χ3n) is 2.06. The summed E-state index contributed by atoms with van der Waals surface area (Å²) in [7, 11) is 0. The van der Waals surface area contributed by atoms with Gasteiger partial charge < -0.3 is 9.47 Å². The Bertz CT molecular complexity index is 355. The van der Waals surface area contributed by atoms with Gasteiger partial charge in [0.15, 0.2) is 0 Å². The second-order valence-electron chi connectivity index (χ2n) is 5.84. The Balaban J connectivity index is -0.000000293. The molecule has 0 aliphatic rings. The van der Waals surface area contributed by atoms with E-state index in [1.54, 1.807) is 13.8 Å². The van der Waals surface area contributed by atoms with Gasteiger partial charge in [-0.2, -0.15) is 0 Å². The van der Waals surface area contributed by atoms with Gasteiger partial charge in [-0.15, -0.1) is 0 Å². The Morgan fingerprint density at radius 2 is 1.00 bits per heavy atom. The van der Waals surface area contributed by atoms with Crippen molar-refractivity contribution in [1.29, 1.82) is 0 Å². The minimum atomic E-state index is -0.440. The number of carbonyl (C=O) groups excluding carboxylic acids is 4. The number of esters is 2. The fourth-order valence-corrected chi connectivity index (χ4v) is 4.77. The van der Waals surface area contributed by atoms with Crippen LogP contribution < -0.4 is 0 Å². The van der Waals surface area contributed by atoms with Crippen LogP contribution in [0.4, 0.5) is 0 Å². The van der Waals surface area contributed by atoms with E-state index >= 15 is 0 Å². The van der Waals surface area contributed by atoms with Gasteiger partial charge >= 0.3 is 70.1 Å². The second-order valence-corrected chi connectivity index (χ2v) is 12.3. The van der Waals surface area contributed by atoms with Crippen LogP contribution in [-0.4, -0.2) is 36.7 Å². The van der Waals surface area contributed by atoms with Gasteiger partial charge in [0.25, 0.3) is 0 Å². The van der Waals surface area contributed by atoms with Crippen molar-refractivity contribution in [2.24, 2.45) is 0 Å². The van der Waals surface area contributed by atoms with E-state index in [9.17, 15) is 19.2 Å². The van der Waals surface area contributed by atoms with Gasteiger partial charge in [0, 0.05) is 0 Å². The van der Waals surface area contributed by atoms with Crippen LogP contribution in [0.1, 0.15) is 68.2 Å². The van der Waals surface area contributed by atoms with Gasteiger partial charge in [-0.3, -0.25) is 19.2 Å². The van der Waals surface area contributed by atoms with E-state index in [1.165, 1.54) is 13.8 Å². The van der Waals surface area contributed by atoms with E-state index in [0.29, 0.717) is 13.2 Å². The Kier molecular flexibility index (Phi) is 22.6. The quantitative estimate of drug-likeness (QED) is 0.424. The molecule has 0 heterocycles. The molecule has 0 atom stereocenters. The molecule has 25 heavy (non-hydrogen) atoms. The third-order valence-corrected chi connectivity index (χ3v) is 5.34. The van der Waals surface area contributed by atoms with Gasteiger partial charge in [0.2, 0.25) is 0 Å². The topological polar surface area (TPSA) is 86.7 Å². The zero-order valence-electron chi connectivity index (χ0n) is 16.9. The first-order valence-corrected chi connectivity index (χ1v) is 11.4. The van der Waals surface area contributed by atoms with Crippen LogP contribution in [-0.2, 0) is 51.9 Å². The van der Waals surface area contributed by atoms with Crippen molar-refractivity contribution >= 4 is 23.5 Å². The molecule has 0 amide bonds. The summed E-state index contributed by atoms with van der Waals surface area (Å²) in [4.78, 5) is 41.3. The van der Waals surface area contributed by atoms with Crippen molar-refractivity contribution in [3.05, 3.63) is 0 Å². The fourth-order valence-electron chi connectivity index (χ4n) is 1.50. The Labute approximate surface area is 164 Å². The molecule has 0 aliphatic carbocycles. The van der Waals surface area contributed by atoms with Crippen LogP contribution in [0.25, 0.3) is 0 Å². The molecule has 0 aromatic carbocycles. The van der Waals surface area contributed by atoms with Crippen LogP contribution in [0.5, 0.6) is 0 Å². The normalized spacial score (nSPS) is 9.20. The Morgan fingerprint density at radius 3 is 1.12 bits per heavy atom. The van der Waals surface area contributed by atoms with Crippen molar-refractivity contribution in [3.63, 3.8) is 0 Å². The first-order valence-electron chi connectivity index (χ1n) is 8.52. The SMILES string of the molecule is CCOC(=O)CC(C)=O.CCOC(=O)CC(C)=O.C[CH](C)[Zr][CH](C)C. The van der Waals surface area contributed by atoms with Crippen molar-refractivity contribution in [1.82, 2.24) is 0 Å². The summed E-state index contributed by atoms with van der Waals surface area (Å²) in [6.45, 7) is 16.2. The van der Waals surface area contributed by atoms with E-state index in [0.717, 1.165) is 7.25 Å². The van der Waals surface area contributed by atoms with Gasteiger partial charge in [-0.1, -0.05) is 0 Å². The molecule has 0 aromatic heterocycles. The molecule has 7 heteroatoms. The van der Waals surface area contributed by atoms with E-state index < -0.39 is 11.9 Å². The first kappa shape index (κ1) is 28.9. The third kappa shape index (κ3) is 35.2. The molecule has 0 fully saturated rings. The predicted octanol–water partition coefficient (Wildman–Crippen LogP) is 3.78. The molecule has 0 spiro atoms. The zero-order valence-corrected chi connectivity index (χ0v) is 19.4. The first-order chi connectivity index (χ1) is 11.5. The Hall–Kier alpha value is -0.837. The average molecular weight is 438 g/mol. The molecule has 0 aliphatic heterocycles. The molecule has 0 saturated carbocycles. The molecule has 0 unspecified atom stereocenters. The van der Waals surface area contributed by atoms with Crippen molar-refractivity contribution in [3.8, 4) is 0 Å². The number of carbonyl (C=O) groups is 4. The van der Waals surface area contributed by atoms with Gasteiger partial charge in [-0.05, 0) is 27.7 Å². The monoisotopic (exact) mass is 436 g/mol. The van der Waals surface area contributed by atoms with Crippen LogP contribution in [0.3, 0.4) is 0 Å². The van der Waals surface area contributed by atoms with Crippen LogP contribution in [0, 0.1) is 0 Å². The summed E-state index contributed by atoms with van der Waals surface area (Å²) in [5.41, 5.74) is 0. The maximum atomic E-state index is 10.4. The summed E-state index contributed by atoms with van der Waals surface area (Å²) in [5.74, 6) is -1.20. The molecule has 0 aromatic rings. The number of rotatable bonds is 8. The van der Waals surface area contributed by atoms with Gasteiger partial charge in [0.05, 0.1) is 13.2 Å². The number of hydrogen-bond acceptors (Lipinski definition) is 6. The summed E-state index contributed by atoms with van der Waals surface area (Å²) in [5, 5.41) is 0. The average Bonchev–Trinajstić information content (AvgIpc) is 2.36. The van der Waals surface area contributed by atoms with E-state index in [1.807, 2.05) is 0 Å².